The van der Waals surface area contributed by atoms with E-state index in [9.17, 15) is 39.0 Å². The van der Waals surface area contributed by atoms with Crippen molar-refractivity contribution in [2.24, 2.45) is 0 Å². The molecule has 1 aliphatic rings. The van der Waals surface area contributed by atoms with E-state index >= 15 is 0 Å². The van der Waals surface area contributed by atoms with Gasteiger partial charge in [0.2, 0.25) is 5.91 Å². The summed E-state index contributed by atoms with van der Waals surface area (Å²) in [6.45, 7) is -0.194. The number of aryl methyl sites for hydroxylation is 1. The second-order valence-electron chi connectivity index (χ2n) is 11.0. The summed E-state index contributed by atoms with van der Waals surface area (Å²) in [5.74, 6) is -2.86. The molecule has 0 fully saturated rings. The Morgan fingerprint density at radius 1 is 1.00 bits per heavy atom. The fourth-order valence-corrected chi connectivity index (χ4v) is 5.53. The number of hydrogen-bond donors (Lipinski definition) is 7. The monoisotopic (exact) mass is 647 g/mol. The number of aromatic amines is 1. The highest BCUT2D eigenvalue weighted by Gasteiger charge is 2.30. The molecule has 246 valence electrons. The number of hydrogen-bond acceptors (Lipinski definition) is 9. The summed E-state index contributed by atoms with van der Waals surface area (Å²) in [5, 5.41) is 41.8. The molecule has 0 bridgehead atoms. The van der Waals surface area contributed by atoms with E-state index in [1.54, 1.807) is 18.2 Å². The lowest BCUT2D eigenvalue weighted by atomic mass is 10.0. The predicted octanol–water partition coefficient (Wildman–Crippen LogP) is 0.940. The molecule has 47 heavy (non-hydrogen) atoms. The second-order valence-corrected chi connectivity index (χ2v) is 11.0. The van der Waals surface area contributed by atoms with Crippen LogP contribution in [0, 0.1) is 12.3 Å². The minimum Gasteiger partial charge on any atom is -0.481 e. The van der Waals surface area contributed by atoms with Crippen molar-refractivity contribution in [3.05, 3.63) is 69.3 Å². The Morgan fingerprint density at radius 2 is 1.66 bits per heavy atom. The number of aliphatic hydroxyl groups excluding tert-OH is 1. The number of terminal acetylenes is 1. The van der Waals surface area contributed by atoms with Crippen LogP contribution in [0.15, 0.2) is 41.2 Å². The lowest BCUT2D eigenvalue weighted by Gasteiger charge is -2.30. The quantitative estimate of drug-likeness (QED) is 0.114. The number of amides is 2. The van der Waals surface area contributed by atoms with Gasteiger partial charge in [-0.1, -0.05) is 5.92 Å². The molecule has 4 rings (SSSR count). The normalized spacial score (nSPS) is 14.8. The highest BCUT2D eigenvalue weighted by molar-refractivity contribution is 5.98. The molecule has 0 saturated carbocycles. The van der Waals surface area contributed by atoms with Crippen molar-refractivity contribution in [1.29, 1.82) is 0 Å². The lowest BCUT2D eigenvalue weighted by molar-refractivity contribution is -0.143. The van der Waals surface area contributed by atoms with Crippen LogP contribution in [0.2, 0.25) is 0 Å². The Hall–Kier alpha value is -5.75. The molecular formula is C32H33N5O10. The van der Waals surface area contributed by atoms with E-state index in [-0.39, 0.29) is 36.0 Å². The van der Waals surface area contributed by atoms with Crippen LogP contribution in [-0.4, -0.2) is 78.7 Å². The van der Waals surface area contributed by atoms with Crippen LogP contribution in [-0.2, 0) is 32.2 Å². The molecule has 1 aromatic heterocycles. The Bertz CT molecular complexity index is 1800. The van der Waals surface area contributed by atoms with E-state index in [1.165, 1.54) is 12.1 Å². The number of nitrogens with one attached hydrogen (secondary N) is 3. The van der Waals surface area contributed by atoms with Gasteiger partial charge in [0.15, 0.2) is 0 Å². The number of aliphatic carboxylic acids is 3. The number of carbonyl (C=O) groups is 5. The standard InChI is InChI=1S/C32H33N5O10/c1-2-13-37(25-10-5-18-14-24-21(15-20(18)25)30(44)36-26(16-38)33-24)19-6-3-17(4-7-19)29(43)34-22(8-11-27(39)40)31(45)35-23(32(46)47)9-12-28(41)42/h1,3-4,6-7,14-15,22-23,25,38H,5,8-13,16H2,(H,34,43)(H,35,45)(H,39,40)(H,41,42)(H,46,47)(H,33,36,44)/t22-,23-,25?/m1/s1. The minimum atomic E-state index is -1.56. The molecule has 1 aliphatic carbocycles. The van der Waals surface area contributed by atoms with Gasteiger partial charge in [0, 0.05) is 24.1 Å². The molecule has 0 aliphatic heterocycles. The second kappa shape index (κ2) is 15.0. The first-order valence-corrected chi connectivity index (χ1v) is 14.7. The fourth-order valence-electron chi connectivity index (χ4n) is 5.53. The predicted molar refractivity (Wildman–Crippen MR) is 167 cm³/mol. The summed E-state index contributed by atoms with van der Waals surface area (Å²) in [6, 6.07) is 6.74. The number of H-pyrrole nitrogens is 1. The summed E-state index contributed by atoms with van der Waals surface area (Å²) in [4.78, 5) is 81.1. The third-order valence-electron chi connectivity index (χ3n) is 7.84. The van der Waals surface area contributed by atoms with Crippen molar-refractivity contribution in [3.63, 3.8) is 0 Å². The zero-order valence-electron chi connectivity index (χ0n) is 25.1. The minimum absolute atomic E-state index is 0.123. The number of rotatable bonds is 15. The van der Waals surface area contributed by atoms with Gasteiger partial charge in [0.1, 0.15) is 24.5 Å². The van der Waals surface area contributed by atoms with E-state index in [0.717, 1.165) is 11.1 Å². The molecule has 2 amide bonds. The van der Waals surface area contributed by atoms with Gasteiger partial charge >= 0.3 is 17.9 Å². The van der Waals surface area contributed by atoms with Crippen molar-refractivity contribution in [3.8, 4) is 12.3 Å². The average Bonchev–Trinajstić information content (AvgIpc) is 3.44. The van der Waals surface area contributed by atoms with Gasteiger partial charge in [0.25, 0.3) is 11.5 Å². The molecule has 3 atom stereocenters. The summed E-state index contributed by atoms with van der Waals surface area (Å²) in [5.41, 5.74) is 2.78. The SMILES string of the molecule is C#CCN(c1ccc(C(=O)N[C@H](CCC(=O)O)C(=O)N[C@H](CCC(=O)O)C(=O)O)cc1)C1CCc2cc3nc(CO)[nH]c(=O)c3cc21. The van der Waals surface area contributed by atoms with Crippen LogP contribution in [0.4, 0.5) is 5.69 Å². The van der Waals surface area contributed by atoms with E-state index in [1.807, 2.05) is 11.0 Å². The number of carbonyl (C=O) groups excluding carboxylic acids is 2. The first-order chi connectivity index (χ1) is 22.4. The third kappa shape index (κ3) is 8.30. The summed E-state index contributed by atoms with van der Waals surface area (Å²) in [7, 11) is 0. The summed E-state index contributed by atoms with van der Waals surface area (Å²) < 4.78 is 0. The highest BCUT2D eigenvalue weighted by atomic mass is 16.4. The number of aliphatic hydroxyl groups is 1. The van der Waals surface area contributed by atoms with Gasteiger partial charge < -0.3 is 40.9 Å². The van der Waals surface area contributed by atoms with Gasteiger partial charge in [0.05, 0.1) is 23.5 Å². The maximum absolute atomic E-state index is 13.1. The zero-order valence-corrected chi connectivity index (χ0v) is 25.1. The first kappa shape index (κ1) is 34.1. The number of aromatic nitrogens is 2. The number of fused-ring (bicyclic) bond motifs is 2. The van der Waals surface area contributed by atoms with E-state index < -0.39 is 67.7 Å². The van der Waals surface area contributed by atoms with Crippen LogP contribution >= 0.6 is 0 Å². The van der Waals surface area contributed by atoms with Crippen LogP contribution in [0.1, 0.15) is 65.5 Å². The molecule has 0 saturated heterocycles. The molecular weight excluding hydrogens is 614 g/mol. The molecule has 0 radical (unpaired) electrons. The van der Waals surface area contributed by atoms with Gasteiger partial charge in [-0.2, -0.15) is 0 Å². The van der Waals surface area contributed by atoms with E-state index in [2.05, 4.69) is 26.5 Å². The average molecular weight is 648 g/mol. The van der Waals surface area contributed by atoms with Gasteiger partial charge in [-0.25, -0.2) is 9.78 Å². The highest BCUT2D eigenvalue weighted by Crippen LogP contribution is 2.39. The molecule has 3 aromatic rings. The van der Waals surface area contributed by atoms with Crippen molar-refractivity contribution in [2.75, 3.05) is 11.4 Å². The molecule has 0 spiro atoms. The zero-order chi connectivity index (χ0) is 34.2. The molecule has 1 unspecified atom stereocenters. The van der Waals surface area contributed by atoms with E-state index in [4.69, 9.17) is 16.6 Å². The Morgan fingerprint density at radius 3 is 2.26 bits per heavy atom. The smallest absolute Gasteiger partial charge is 0.326 e. The maximum Gasteiger partial charge on any atom is 0.326 e. The topological polar surface area (TPSA) is 239 Å². The number of anilines is 1. The van der Waals surface area contributed by atoms with Crippen LogP contribution in [0.3, 0.4) is 0 Å². The molecule has 7 N–H and O–H groups in total. The Balaban J connectivity index is 1.53. The molecule has 15 nitrogen and oxygen atoms in total. The first-order valence-electron chi connectivity index (χ1n) is 14.7. The van der Waals surface area contributed by atoms with Gasteiger partial charge in [-0.05, 0) is 73.2 Å². The van der Waals surface area contributed by atoms with Crippen LogP contribution < -0.4 is 21.1 Å². The Kier molecular flexibility index (Phi) is 10.9. The number of carboxylic acids is 3. The van der Waals surface area contributed by atoms with Crippen molar-refractivity contribution in [1.82, 2.24) is 20.6 Å². The third-order valence-corrected chi connectivity index (χ3v) is 7.84. The van der Waals surface area contributed by atoms with Gasteiger partial charge in [-0.3, -0.25) is 24.0 Å². The molecule has 1 heterocycles. The largest absolute Gasteiger partial charge is 0.481 e. The molecule has 2 aromatic carbocycles. The Labute approximate surface area is 267 Å². The number of carboxylic acid groups (broad SMARTS) is 3. The number of nitrogens with zero attached hydrogens (tertiary/aromatic N) is 2. The van der Waals surface area contributed by atoms with Gasteiger partial charge in [-0.15, -0.1) is 6.42 Å². The van der Waals surface area contributed by atoms with Crippen molar-refractivity contribution in [2.45, 2.75) is 63.3 Å². The lowest BCUT2D eigenvalue weighted by Crippen LogP contribution is -2.51. The van der Waals surface area contributed by atoms with Crippen LogP contribution in [0.25, 0.3) is 10.9 Å². The summed E-state index contributed by atoms with van der Waals surface area (Å²) in [6.07, 6.45) is 5.29. The molecule has 15 heteroatoms. The van der Waals surface area contributed by atoms with E-state index in [0.29, 0.717) is 29.4 Å². The van der Waals surface area contributed by atoms with Crippen molar-refractivity contribution >= 4 is 46.3 Å². The van der Waals surface area contributed by atoms with Crippen LogP contribution in [0.5, 0.6) is 0 Å². The maximum atomic E-state index is 13.1. The number of benzene rings is 2. The van der Waals surface area contributed by atoms with Crippen molar-refractivity contribution < 1.29 is 44.4 Å². The fraction of sp³-hybridized carbons (Fsp3) is 0.344. The summed E-state index contributed by atoms with van der Waals surface area (Å²) >= 11 is 0.